The summed E-state index contributed by atoms with van der Waals surface area (Å²) in [5.74, 6) is -0.835. The van der Waals surface area contributed by atoms with Crippen LogP contribution in [0.15, 0.2) is 30.7 Å². The molecule has 0 radical (unpaired) electrons. The molecule has 0 aromatic carbocycles. The lowest BCUT2D eigenvalue weighted by molar-refractivity contribution is -0.141. The fourth-order valence-electron chi connectivity index (χ4n) is 1.45. The van der Waals surface area contributed by atoms with Gasteiger partial charge in [-0.15, -0.1) is 0 Å². The summed E-state index contributed by atoms with van der Waals surface area (Å²) >= 11 is 0. The standard InChI is InChI=1S/C11H9F3N4O/c12-11(13,14)9-8(6-17-18-9)10(19)16-5-7-1-3-15-4-2-7/h1-4,6H,5H2,(H,16,19)(H,17,18). The maximum Gasteiger partial charge on any atom is 0.433 e. The molecule has 19 heavy (non-hydrogen) atoms. The summed E-state index contributed by atoms with van der Waals surface area (Å²) in [6.07, 6.45) is -0.731. The lowest BCUT2D eigenvalue weighted by Gasteiger charge is -2.07. The van der Waals surface area contributed by atoms with E-state index in [0.717, 1.165) is 11.8 Å². The normalized spacial score (nSPS) is 11.3. The van der Waals surface area contributed by atoms with Crippen LogP contribution >= 0.6 is 0 Å². The van der Waals surface area contributed by atoms with Crippen molar-refractivity contribution in [2.24, 2.45) is 0 Å². The Hall–Kier alpha value is -2.38. The zero-order valence-corrected chi connectivity index (χ0v) is 9.53. The zero-order valence-electron chi connectivity index (χ0n) is 9.53. The van der Waals surface area contributed by atoms with Gasteiger partial charge >= 0.3 is 6.18 Å². The Morgan fingerprint density at radius 3 is 2.63 bits per heavy atom. The Balaban J connectivity index is 2.07. The van der Waals surface area contributed by atoms with Crippen molar-refractivity contribution in [2.45, 2.75) is 12.7 Å². The highest BCUT2D eigenvalue weighted by Gasteiger charge is 2.37. The average Bonchev–Trinajstić information content (AvgIpc) is 2.86. The maximum atomic E-state index is 12.5. The fraction of sp³-hybridized carbons (Fsp3) is 0.182. The van der Waals surface area contributed by atoms with Crippen LogP contribution in [0.3, 0.4) is 0 Å². The van der Waals surface area contributed by atoms with Crippen LogP contribution in [0.1, 0.15) is 21.6 Å². The van der Waals surface area contributed by atoms with Crippen LogP contribution in [-0.4, -0.2) is 21.1 Å². The Labute approximate surface area is 105 Å². The van der Waals surface area contributed by atoms with Crippen LogP contribution in [0.5, 0.6) is 0 Å². The van der Waals surface area contributed by atoms with Crippen LogP contribution in [-0.2, 0) is 12.7 Å². The molecule has 0 aliphatic rings. The molecule has 2 heterocycles. The molecule has 0 fully saturated rings. The minimum atomic E-state index is -4.64. The highest BCUT2D eigenvalue weighted by atomic mass is 19.4. The van der Waals surface area contributed by atoms with Crippen molar-refractivity contribution in [1.82, 2.24) is 20.5 Å². The molecule has 0 atom stereocenters. The number of carbonyl (C=O) groups is 1. The van der Waals surface area contributed by atoms with Gasteiger partial charge in [0.2, 0.25) is 0 Å². The number of hydrogen-bond acceptors (Lipinski definition) is 3. The number of hydrogen-bond donors (Lipinski definition) is 2. The van der Waals surface area contributed by atoms with E-state index >= 15 is 0 Å². The number of nitrogens with zero attached hydrogens (tertiary/aromatic N) is 2. The van der Waals surface area contributed by atoms with E-state index in [4.69, 9.17) is 0 Å². The summed E-state index contributed by atoms with van der Waals surface area (Å²) in [4.78, 5) is 15.5. The number of carbonyl (C=O) groups excluding carboxylic acids is 1. The number of aromatic amines is 1. The second kappa shape index (κ2) is 5.09. The molecule has 0 spiro atoms. The first kappa shape index (κ1) is 13.1. The van der Waals surface area contributed by atoms with Crippen molar-refractivity contribution < 1.29 is 18.0 Å². The van der Waals surface area contributed by atoms with Crippen molar-refractivity contribution in [3.63, 3.8) is 0 Å². The predicted molar refractivity (Wildman–Crippen MR) is 59.0 cm³/mol. The predicted octanol–water partition coefficient (Wildman–Crippen LogP) is 1.75. The van der Waals surface area contributed by atoms with Gasteiger partial charge in [0.25, 0.3) is 5.91 Å². The van der Waals surface area contributed by atoms with Gasteiger partial charge in [0, 0.05) is 18.9 Å². The van der Waals surface area contributed by atoms with Gasteiger partial charge in [-0.2, -0.15) is 18.3 Å². The zero-order chi connectivity index (χ0) is 13.9. The van der Waals surface area contributed by atoms with Crippen molar-refractivity contribution in [1.29, 1.82) is 0 Å². The lowest BCUT2D eigenvalue weighted by atomic mass is 10.2. The number of H-pyrrole nitrogens is 1. The quantitative estimate of drug-likeness (QED) is 0.892. The summed E-state index contributed by atoms with van der Waals surface area (Å²) in [7, 11) is 0. The highest BCUT2D eigenvalue weighted by Crippen LogP contribution is 2.29. The van der Waals surface area contributed by atoms with E-state index in [0.29, 0.717) is 0 Å². The summed E-state index contributed by atoms with van der Waals surface area (Å²) in [5, 5.41) is 7.41. The Kier molecular flexibility index (Phi) is 3.50. The van der Waals surface area contributed by atoms with Gasteiger partial charge in [0.15, 0.2) is 5.69 Å². The Bertz CT molecular complexity index is 565. The second-order valence-corrected chi connectivity index (χ2v) is 3.69. The summed E-state index contributed by atoms with van der Waals surface area (Å²) in [5.41, 5.74) is -0.943. The van der Waals surface area contributed by atoms with E-state index in [1.54, 1.807) is 17.2 Å². The number of amides is 1. The van der Waals surface area contributed by atoms with Gasteiger partial charge in [-0.3, -0.25) is 14.9 Å². The molecular formula is C11H9F3N4O. The van der Waals surface area contributed by atoms with E-state index in [-0.39, 0.29) is 6.54 Å². The van der Waals surface area contributed by atoms with Crippen molar-refractivity contribution in [3.05, 3.63) is 47.5 Å². The highest BCUT2D eigenvalue weighted by molar-refractivity contribution is 5.95. The number of nitrogens with one attached hydrogen (secondary N) is 2. The van der Waals surface area contributed by atoms with E-state index in [1.807, 2.05) is 0 Å². The molecule has 0 saturated heterocycles. The topological polar surface area (TPSA) is 70.7 Å². The molecule has 1 amide bonds. The van der Waals surface area contributed by atoms with Gasteiger partial charge in [0.05, 0.1) is 11.8 Å². The molecule has 2 aromatic rings. The van der Waals surface area contributed by atoms with Crippen LogP contribution in [0.4, 0.5) is 13.2 Å². The Morgan fingerprint density at radius 1 is 1.32 bits per heavy atom. The van der Waals surface area contributed by atoms with Crippen LogP contribution in [0, 0.1) is 0 Å². The largest absolute Gasteiger partial charge is 0.433 e. The van der Waals surface area contributed by atoms with Crippen molar-refractivity contribution in [2.75, 3.05) is 0 Å². The van der Waals surface area contributed by atoms with Gasteiger partial charge in [-0.1, -0.05) is 0 Å². The molecule has 0 aliphatic heterocycles. The van der Waals surface area contributed by atoms with E-state index < -0.39 is 23.3 Å². The molecule has 0 saturated carbocycles. The Morgan fingerprint density at radius 2 is 2.00 bits per heavy atom. The van der Waals surface area contributed by atoms with Crippen LogP contribution < -0.4 is 5.32 Å². The lowest BCUT2D eigenvalue weighted by Crippen LogP contribution is -2.25. The third-order valence-electron chi connectivity index (χ3n) is 2.37. The molecular weight excluding hydrogens is 261 g/mol. The molecule has 0 aliphatic carbocycles. The first-order valence-corrected chi connectivity index (χ1v) is 5.26. The molecule has 2 rings (SSSR count). The fourth-order valence-corrected chi connectivity index (χ4v) is 1.45. The minimum absolute atomic E-state index is 0.115. The number of pyridine rings is 1. The molecule has 0 bridgehead atoms. The third kappa shape index (κ3) is 3.09. The molecule has 0 unspecified atom stereocenters. The van der Waals surface area contributed by atoms with Crippen molar-refractivity contribution in [3.8, 4) is 0 Å². The maximum absolute atomic E-state index is 12.5. The van der Waals surface area contributed by atoms with Crippen LogP contribution in [0.2, 0.25) is 0 Å². The van der Waals surface area contributed by atoms with Crippen LogP contribution in [0.25, 0.3) is 0 Å². The number of halogens is 3. The summed E-state index contributed by atoms with van der Waals surface area (Å²) < 4.78 is 37.6. The first-order chi connectivity index (χ1) is 8.98. The van der Waals surface area contributed by atoms with E-state index in [9.17, 15) is 18.0 Å². The van der Waals surface area contributed by atoms with Gasteiger partial charge < -0.3 is 5.32 Å². The van der Waals surface area contributed by atoms with Gasteiger partial charge in [-0.25, -0.2) is 0 Å². The number of rotatable bonds is 3. The number of aromatic nitrogens is 3. The summed E-state index contributed by atoms with van der Waals surface area (Å²) in [6, 6.07) is 3.31. The van der Waals surface area contributed by atoms with Gasteiger partial charge in [0.1, 0.15) is 0 Å². The second-order valence-electron chi connectivity index (χ2n) is 3.69. The first-order valence-electron chi connectivity index (χ1n) is 5.26. The van der Waals surface area contributed by atoms with E-state index in [1.165, 1.54) is 12.4 Å². The summed E-state index contributed by atoms with van der Waals surface area (Å²) in [6.45, 7) is 0.115. The molecule has 2 aromatic heterocycles. The smallest absolute Gasteiger partial charge is 0.348 e. The van der Waals surface area contributed by atoms with Crippen molar-refractivity contribution >= 4 is 5.91 Å². The molecule has 100 valence electrons. The van der Waals surface area contributed by atoms with E-state index in [2.05, 4.69) is 15.4 Å². The molecule has 8 heteroatoms. The minimum Gasteiger partial charge on any atom is -0.348 e. The molecule has 2 N–H and O–H groups in total. The monoisotopic (exact) mass is 270 g/mol. The number of alkyl halides is 3. The average molecular weight is 270 g/mol. The third-order valence-corrected chi connectivity index (χ3v) is 2.37. The molecule has 5 nitrogen and oxygen atoms in total. The van der Waals surface area contributed by atoms with Gasteiger partial charge in [-0.05, 0) is 17.7 Å². The SMILES string of the molecule is O=C(NCc1ccncc1)c1cn[nH]c1C(F)(F)F.